The van der Waals surface area contributed by atoms with Crippen molar-refractivity contribution in [1.29, 1.82) is 0 Å². The monoisotopic (exact) mass is 339 g/mol. The Hall–Kier alpha value is -2.17. The van der Waals surface area contributed by atoms with E-state index in [9.17, 15) is 9.59 Å². The van der Waals surface area contributed by atoms with E-state index in [0.717, 1.165) is 30.8 Å². The quantitative estimate of drug-likeness (QED) is 0.845. The van der Waals surface area contributed by atoms with Gasteiger partial charge in [0.25, 0.3) is 5.56 Å². The molecule has 1 aromatic heterocycles. The highest BCUT2D eigenvalue weighted by molar-refractivity contribution is 5.88. The fourth-order valence-corrected chi connectivity index (χ4v) is 4.59. The van der Waals surface area contributed by atoms with Crippen LogP contribution in [-0.4, -0.2) is 33.7 Å². The molecule has 1 saturated carbocycles. The molecule has 1 aliphatic heterocycles. The molecule has 2 atom stereocenters. The van der Waals surface area contributed by atoms with Crippen molar-refractivity contribution < 1.29 is 4.79 Å². The van der Waals surface area contributed by atoms with Gasteiger partial charge in [-0.1, -0.05) is 37.5 Å². The number of amides is 1. The van der Waals surface area contributed by atoms with Crippen molar-refractivity contribution in [1.82, 2.24) is 14.7 Å². The van der Waals surface area contributed by atoms with Gasteiger partial charge in [0.2, 0.25) is 5.91 Å². The number of rotatable bonds is 2. The summed E-state index contributed by atoms with van der Waals surface area (Å²) in [6, 6.07) is 7.44. The van der Waals surface area contributed by atoms with Gasteiger partial charge in [0, 0.05) is 25.5 Å². The third kappa shape index (κ3) is 3.08. The number of piperidine rings is 1. The Labute approximate surface area is 147 Å². The molecule has 2 aliphatic rings. The van der Waals surface area contributed by atoms with Crippen LogP contribution in [0.1, 0.15) is 37.8 Å². The summed E-state index contributed by atoms with van der Waals surface area (Å²) in [4.78, 5) is 27.1. The number of carbonyl (C=O) groups excluding carboxylic acids is 1. The van der Waals surface area contributed by atoms with Crippen LogP contribution >= 0.6 is 0 Å². The molecule has 1 saturated heterocycles. The predicted octanol–water partition coefficient (Wildman–Crippen LogP) is 2.51. The molecule has 0 N–H and O–H groups in total. The van der Waals surface area contributed by atoms with E-state index in [1.807, 2.05) is 23.1 Å². The zero-order valence-corrected chi connectivity index (χ0v) is 14.8. The Morgan fingerprint density at radius 1 is 1.12 bits per heavy atom. The highest BCUT2D eigenvalue weighted by Crippen LogP contribution is 2.36. The number of nitrogens with zero attached hydrogens (tertiary/aromatic N) is 3. The van der Waals surface area contributed by atoms with Gasteiger partial charge in [-0.15, -0.1) is 0 Å². The lowest BCUT2D eigenvalue weighted by atomic mass is 9.75. The molecule has 5 heteroatoms. The molecule has 25 heavy (non-hydrogen) atoms. The van der Waals surface area contributed by atoms with Crippen molar-refractivity contribution in [3.8, 4) is 0 Å². The molecule has 0 bridgehead atoms. The van der Waals surface area contributed by atoms with Gasteiger partial charge < -0.3 is 4.90 Å². The molecule has 1 aromatic carbocycles. The summed E-state index contributed by atoms with van der Waals surface area (Å²) in [5, 5.41) is 5.80. The lowest BCUT2D eigenvalue weighted by Gasteiger charge is -2.41. The maximum Gasteiger partial charge on any atom is 0.274 e. The number of hydrogen-bond donors (Lipinski definition) is 0. The van der Waals surface area contributed by atoms with Crippen LogP contribution in [0.2, 0.25) is 0 Å². The minimum atomic E-state index is -0.116. The summed E-state index contributed by atoms with van der Waals surface area (Å²) in [6.45, 7) is 1.76. The van der Waals surface area contributed by atoms with Crippen molar-refractivity contribution in [2.45, 2.75) is 38.5 Å². The Balaban J connectivity index is 1.56. The van der Waals surface area contributed by atoms with Crippen LogP contribution in [0, 0.1) is 11.8 Å². The van der Waals surface area contributed by atoms with Crippen molar-refractivity contribution in [2.75, 3.05) is 13.1 Å². The molecular weight excluding hydrogens is 314 g/mol. The van der Waals surface area contributed by atoms with Gasteiger partial charge >= 0.3 is 0 Å². The predicted molar refractivity (Wildman–Crippen MR) is 97.3 cm³/mol. The Morgan fingerprint density at radius 3 is 2.64 bits per heavy atom. The second-order valence-corrected chi connectivity index (χ2v) is 7.53. The minimum absolute atomic E-state index is 0.116. The van der Waals surface area contributed by atoms with Crippen molar-refractivity contribution in [3.05, 3.63) is 40.3 Å². The summed E-state index contributed by atoms with van der Waals surface area (Å²) in [5.74, 6) is 1.63. The summed E-state index contributed by atoms with van der Waals surface area (Å²) < 4.78 is 1.35. The first kappa shape index (κ1) is 16.3. The molecule has 2 heterocycles. The summed E-state index contributed by atoms with van der Waals surface area (Å²) in [6.07, 6.45) is 6.65. The van der Waals surface area contributed by atoms with Gasteiger partial charge in [0.1, 0.15) is 0 Å². The molecule has 1 amide bonds. The SMILES string of the molecule is Cn1nc(CC(=O)N2CC[C@H]3CCCC[C@@H]3C2)c2ccccc2c1=O. The van der Waals surface area contributed by atoms with Crippen molar-refractivity contribution in [3.63, 3.8) is 0 Å². The minimum Gasteiger partial charge on any atom is -0.342 e. The molecule has 0 radical (unpaired) electrons. The van der Waals surface area contributed by atoms with Crippen molar-refractivity contribution >= 4 is 16.7 Å². The first-order valence-corrected chi connectivity index (χ1v) is 9.36. The molecule has 132 valence electrons. The highest BCUT2D eigenvalue weighted by Gasteiger charge is 2.33. The summed E-state index contributed by atoms with van der Waals surface area (Å²) in [5.41, 5.74) is 0.586. The van der Waals surface area contributed by atoms with Crippen LogP contribution in [0.25, 0.3) is 10.8 Å². The molecule has 0 unspecified atom stereocenters. The van der Waals surface area contributed by atoms with Crippen LogP contribution in [0.15, 0.2) is 29.1 Å². The molecular formula is C20H25N3O2. The number of hydrogen-bond acceptors (Lipinski definition) is 3. The first-order chi connectivity index (χ1) is 12.1. The number of fused-ring (bicyclic) bond motifs is 2. The smallest absolute Gasteiger partial charge is 0.274 e. The van der Waals surface area contributed by atoms with Crippen molar-refractivity contribution in [2.24, 2.45) is 18.9 Å². The molecule has 0 spiro atoms. The van der Waals surface area contributed by atoms with E-state index in [0.29, 0.717) is 17.0 Å². The largest absolute Gasteiger partial charge is 0.342 e. The third-order valence-corrected chi connectivity index (χ3v) is 6.00. The fraction of sp³-hybridized carbons (Fsp3) is 0.550. The third-order valence-electron chi connectivity index (χ3n) is 6.00. The van der Waals surface area contributed by atoms with Crippen LogP contribution in [0.5, 0.6) is 0 Å². The summed E-state index contributed by atoms with van der Waals surface area (Å²) >= 11 is 0. The molecule has 2 fully saturated rings. The normalized spacial score (nSPS) is 23.5. The van der Waals surface area contributed by atoms with E-state index in [1.165, 1.54) is 30.4 Å². The molecule has 5 nitrogen and oxygen atoms in total. The Kier molecular flexibility index (Phi) is 4.32. The second-order valence-electron chi connectivity index (χ2n) is 7.53. The van der Waals surface area contributed by atoms with E-state index in [-0.39, 0.29) is 17.9 Å². The maximum absolute atomic E-state index is 12.9. The van der Waals surface area contributed by atoms with E-state index in [1.54, 1.807) is 13.1 Å². The summed E-state index contributed by atoms with van der Waals surface area (Å²) in [7, 11) is 1.65. The molecule has 1 aliphatic carbocycles. The van der Waals surface area contributed by atoms with E-state index in [4.69, 9.17) is 0 Å². The Morgan fingerprint density at radius 2 is 1.84 bits per heavy atom. The van der Waals surface area contributed by atoms with Gasteiger partial charge in [-0.2, -0.15) is 5.10 Å². The zero-order chi connectivity index (χ0) is 17.4. The second kappa shape index (κ2) is 6.62. The molecule has 2 aromatic rings. The zero-order valence-electron chi connectivity index (χ0n) is 14.8. The number of likely N-dealkylation sites (tertiary alicyclic amines) is 1. The average Bonchev–Trinajstić information content (AvgIpc) is 2.65. The first-order valence-electron chi connectivity index (χ1n) is 9.36. The number of carbonyl (C=O) groups is 1. The average molecular weight is 339 g/mol. The Bertz CT molecular complexity index is 858. The van der Waals surface area contributed by atoms with Crippen LogP contribution in [0.3, 0.4) is 0 Å². The number of aryl methyl sites for hydroxylation is 1. The number of aromatic nitrogens is 2. The molecule has 4 rings (SSSR count). The van der Waals surface area contributed by atoms with Crippen LogP contribution in [-0.2, 0) is 18.3 Å². The van der Waals surface area contributed by atoms with Gasteiger partial charge in [-0.25, -0.2) is 4.68 Å². The topological polar surface area (TPSA) is 55.2 Å². The van der Waals surface area contributed by atoms with Gasteiger partial charge in [-0.05, 0) is 30.7 Å². The van der Waals surface area contributed by atoms with Gasteiger partial charge in [0.15, 0.2) is 0 Å². The van der Waals surface area contributed by atoms with Gasteiger partial charge in [0.05, 0.1) is 17.5 Å². The maximum atomic E-state index is 12.9. The van der Waals surface area contributed by atoms with Crippen LogP contribution in [0.4, 0.5) is 0 Å². The van der Waals surface area contributed by atoms with Gasteiger partial charge in [-0.3, -0.25) is 9.59 Å². The number of benzene rings is 1. The van der Waals surface area contributed by atoms with E-state index in [2.05, 4.69) is 5.10 Å². The standard InChI is InChI=1S/C20H25N3O2/c1-22-20(25)17-9-5-4-8-16(17)18(21-22)12-19(24)23-11-10-14-6-2-3-7-15(14)13-23/h4-5,8-9,14-15H,2-3,6-7,10-13H2,1H3/t14-,15-/m1/s1. The fourth-order valence-electron chi connectivity index (χ4n) is 4.59. The van der Waals surface area contributed by atoms with E-state index >= 15 is 0 Å². The lowest BCUT2D eigenvalue weighted by Crippen LogP contribution is -2.45. The highest BCUT2D eigenvalue weighted by atomic mass is 16.2. The van der Waals surface area contributed by atoms with Crippen LogP contribution < -0.4 is 5.56 Å². The van der Waals surface area contributed by atoms with E-state index < -0.39 is 0 Å². The lowest BCUT2D eigenvalue weighted by molar-refractivity contribution is -0.133.